The maximum atomic E-state index is 12.1. The molecule has 16 heavy (non-hydrogen) atoms. The van der Waals surface area contributed by atoms with Gasteiger partial charge in [0.05, 0.1) is 11.9 Å². The van der Waals surface area contributed by atoms with Crippen LogP contribution in [0.4, 0.5) is 0 Å². The van der Waals surface area contributed by atoms with Crippen LogP contribution >= 0.6 is 11.5 Å². The van der Waals surface area contributed by atoms with Crippen molar-refractivity contribution >= 4 is 17.3 Å². The second kappa shape index (κ2) is 4.48. The standard InChI is InChI=1S/C9H11N5OS/c1-3-4-6-9(16-13-11-6)8(15)7-5-10-12-14(7)2/h5H,3-4H2,1-2H3. The van der Waals surface area contributed by atoms with Crippen LogP contribution in [-0.4, -0.2) is 30.4 Å². The Morgan fingerprint density at radius 2 is 2.38 bits per heavy atom. The van der Waals surface area contributed by atoms with Crippen molar-refractivity contribution < 1.29 is 4.79 Å². The molecular weight excluding hydrogens is 226 g/mol. The quantitative estimate of drug-likeness (QED) is 0.737. The minimum Gasteiger partial charge on any atom is -0.286 e. The maximum absolute atomic E-state index is 12.1. The number of hydrogen-bond donors (Lipinski definition) is 0. The van der Waals surface area contributed by atoms with Gasteiger partial charge in [-0.15, -0.1) is 10.2 Å². The van der Waals surface area contributed by atoms with E-state index in [0.29, 0.717) is 10.6 Å². The van der Waals surface area contributed by atoms with Gasteiger partial charge in [-0.2, -0.15) is 0 Å². The molecule has 0 aliphatic rings. The van der Waals surface area contributed by atoms with Crippen molar-refractivity contribution in [3.63, 3.8) is 0 Å². The third-order valence-electron chi connectivity index (χ3n) is 2.20. The first-order chi connectivity index (χ1) is 7.74. The number of aryl methyl sites for hydroxylation is 2. The molecule has 0 atom stereocenters. The van der Waals surface area contributed by atoms with E-state index in [1.54, 1.807) is 7.05 Å². The highest BCUT2D eigenvalue weighted by Crippen LogP contribution is 2.16. The van der Waals surface area contributed by atoms with E-state index in [9.17, 15) is 4.79 Å². The maximum Gasteiger partial charge on any atom is 0.226 e. The number of rotatable bonds is 4. The van der Waals surface area contributed by atoms with Gasteiger partial charge in [-0.05, 0) is 18.0 Å². The highest BCUT2D eigenvalue weighted by atomic mass is 32.1. The molecule has 2 rings (SSSR count). The molecule has 0 radical (unpaired) electrons. The van der Waals surface area contributed by atoms with Gasteiger partial charge in [0.2, 0.25) is 5.78 Å². The average Bonchev–Trinajstić information content (AvgIpc) is 2.87. The summed E-state index contributed by atoms with van der Waals surface area (Å²) in [4.78, 5) is 12.7. The molecule has 0 fully saturated rings. The highest BCUT2D eigenvalue weighted by Gasteiger charge is 2.20. The van der Waals surface area contributed by atoms with Crippen LogP contribution in [-0.2, 0) is 13.5 Å². The van der Waals surface area contributed by atoms with Gasteiger partial charge >= 0.3 is 0 Å². The third-order valence-corrected chi connectivity index (χ3v) is 2.96. The number of carbonyl (C=O) groups is 1. The van der Waals surface area contributed by atoms with Gasteiger partial charge < -0.3 is 0 Å². The van der Waals surface area contributed by atoms with E-state index < -0.39 is 0 Å². The minimum atomic E-state index is -0.106. The summed E-state index contributed by atoms with van der Waals surface area (Å²) in [6.07, 6.45) is 3.16. The molecule has 6 nitrogen and oxygen atoms in total. The lowest BCUT2D eigenvalue weighted by molar-refractivity contribution is 0.103. The van der Waals surface area contributed by atoms with E-state index in [-0.39, 0.29) is 5.78 Å². The van der Waals surface area contributed by atoms with Crippen molar-refractivity contribution in [1.82, 2.24) is 24.6 Å². The lowest BCUT2D eigenvalue weighted by Crippen LogP contribution is -2.08. The zero-order valence-corrected chi connectivity index (χ0v) is 9.86. The molecule has 0 unspecified atom stereocenters. The number of carbonyl (C=O) groups excluding carboxylic acids is 1. The third kappa shape index (κ3) is 1.85. The van der Waals surface area contributed by atoms with Crippen molar-refractivity contribution in [1.29, 1.82) is 0 Å². The van der Waals surface area contributed by atoms with E-state index in [0.717, 1.165) is 30.1 Å². The highest BCUT2D eigenvalue weighted by molar-refractivity contribution is 7.08. The molecule has 0 bridgehead atoms. The largest absolute Gasteiger partial charge is 0.286 e. The van der Waals surface area contributed by atoms with Gasteiger partial charge in [-0.3, -0.25) is 4.79 Å². The molecule has 0 aromatic carbocycles. The van der Waals surface area contributed by atoms with E-state index in [1.165, 1.54) is 10.9 Å². The normalized spacial score (nSPS) is 10.6. The summed E-state index contributed by atoms with van der Waals surface area (Å²) in [5, 5.41) is 11.4. The molecule has 0 N–H and O–H groups in total. The summed E-state index contributed by atoms with van der Waals surface area (Å²) in [6.45, 7) is 2.04. The van der Waals surface area contributed by atoms with Crippen LogP contribution in [0.15, 0.2) is 6.20 Å². The fourth-order valence-corrected chi connectivity index (χ4v) is 2.05. The van der Waals surface area contributed by atoms with Gasteiger partial charge in [-0.1, -0.05) is 23.0 Å². The smallest absolute Gasteiger partial charge is 0.226 e. The van der Waals surface area contributed by atoms with Crippen molar-refractivity contribution in [2.75, 3.05) is 0 Å². The van der Waals surface area contributed by atoms with Crippen LogP contribution in [0.5, 0.6) is 0 Å². The lowest BCUT2D eigenvalue weighted by atomic mass is 10.1. The summed E-state index contributed by atoms with van der Waals surface area (Å²) in [5.74, 6) is -0.106. The number of nitrogens with zero attached hydrogens (tertiary/aromatic N) is 5. The summed E-state index contributed by atoms with van der Waals surface area (Å²) in [6, 6.07) is 0. The van der Waals surface area contributed by atoms with Gasteiger partial charge in [0, 0.05) is 7.05 Å². The van der Waals surface area contributed by atoms with Crippen LogP contribution < -0.4 is 0 Å². The molecule has 0 amide bonds. The Labute approximate surface area is 96.5 Å². The van der Waals surface area contributed by atoms with Crippen LogP contribution in [0.25, 0.3) is 0 Å². The summed E-state index contributed by atoms with van der Waals surface area (Å²) in [7, 11) is 1.69. The van der Waals surface area contributed by atoms with E-state index in [1.807, 2.05) is 6.92 Å². The van der Waals surface area contributed by atoms with E-state index in [4.69, 9.17) is 0 Å². The number of ketones is 1. The Kier molecular flexibility index (Phi) is 3.04. The molecule has 0 saturated heterocycles. The first kappa shape index (κ1) is 10.9. The zero-order chi connectivity index (χ0) is 11.5. The Bertz CT molecular complexity index is 503. The molecule has 2 aromatic rings. The van der Waals surface area contributed by atoms with E-state index in [2.05, 4.69) is 19.9 Å². The SMILES string of the molecule is CCCc1nnsc1C(=O)c1cnnn1C. The molecular formula is C9H11N5OS. The Hall–Kier alpha value is -1.63. The lowest BCUT2D eigenvalue weighted by Gasteiger charge is -1.98. The predicted octanol–water partition coefficient (Wildman–Crippen LogP) is 0.850. The fraction of sp³-hybridized carbons (Fsp3) is 0.444. The summed E-state index contributed by atoms with van der Waals surface area (Å²) in [5.41, 5.74) is 1.22. The van der Waals surface area contributed by atoms with Crippen LogP contribution in [0.2, 0.25) is 0 Å². The van der Waals surface area contributed by atoms with Crippen LogP contribution in [0, 0.1) is 0 Å². The molecule has 0 aliphatic heterocycles. The number of aromatic nitrogens is 5. The Balaban J connectivity index is 2.34. The zero-order valence-electron chi connectivity index (χ0n) is 9.04. The number of hydrogen-bond acceptors (Lipinski definition) is 6. The molecule has 0 spiro atoms. The first-order valence-corrected chi connectivity index (χ1v) is 5.72. The molecule has 7 heteroatoms. The predicted molar refractivity (Wildman–Crippen MR) is 58.3 cm³/mol. The van der Waals surface area contributed by atoms with Crippen LogP contribution in [0.3, 0.4) is 0 Å². The first-order valence-electron chi connectivity index (χ1n) is 4.94. The van der Waals surface area contributed by atoms with Crippen LogP contribution in [0.1, 0.15) is 34.4 Å². The van der Waals surface area contributed by atoms with E-state index >= 15 is 0 Å². The van der Waals surface area contributed by atoms with Gasteiger partial charge in [0.1, 0.15) is 10.6 Å². The molecule has 2 aromatic heterocycles. The molecule has 0 aliphatic carbocycles. The second-order valence-electron chi connectivity index (χ2n) is 3.37. The van der Waals surface area contributed by atoms with Crippen molar-refractivity contribution in [2.45, 2.75) is 19.8 Å². The molecule has 2 heterocycles. The molecule has 84 valence electrons. The minimum absolute atomic E-state index is 0.106. The van der Waals surface area contributed by atoms with Gasteiger partial charge in [0.25, 0.3) is 0 Å². The second-order valence-corrected chi connectivity index (χ2v) is 4.12. The van der Waals surface area contributed by atoms with Gasteiger partial charge in [-0.25, -0.2) is 4.68 Å². The Morgan fingerprint density at radius 1 is 1.56 bits per heavy atom. The monoisotopic (exact) mass is 237 g/mol. The molecule has 0 saturated carbocycles. The summed E-state index contributed by atoms with van der Waals surface area (Å²) >= 11 is 1.12. The Morgan fingerprint density at radius 3 is 3.00 bits per heavy atom. The topological polar surface area (TPSA) is 73.6 Å². The van der Waals surface area contributed by atoms with Crippen molar-refractivity contribution in [3.05, 3.63) is 22.5 Å². The van der Waals surface area contributed by atoms with Crippen molar-refractivity contribution in [3.8, 4) is 0 Å². The summed E-state index contributed by atoms with van der Waals surface area (Å²) < 4.78 is 5.28. The average molecular weight is 237 g/mol. The van der Waals surface area contributed by atoms with Crippen molar-refractivity contribution in [2.24, 2.45) is 7.05 Å². The van der Waals surface area contributed by atoms with Gasteiger partial charge in [0.15, 0.2) is 0 Å². The fourth-order valence-electron chi connectivity index (χ4n) is 1.39.